The molecule has 1 amide bonds. The number of carbonyl (C=O) groups excluding carboxylic acids is 1. The monoisotopic (exact) mass is 294 g/mol. The van der Waals surface area contributed by atoms with Crippen LogP contribution in [0.25, 0.3) is 0 Å². The van der Waals surface area contributed by atoms with E-state index in [1.54, 1.807) is 0 Å². The zero-order valence-electron chi connectivity index (χ0n) is 12.8. The van der Waals surface area contributed by atoms with E-state index in [9.17, 15) is 14.7 Å². The molecule has 1 aliphatic carbocycles. The van der Waals surface area contributed by atoms with E-state index in [0.29, 0.717) is 12.8 Å². The third-order valence-electron chi connectivity index (χ3n) is 4.56. The number of piperidine rings is 1. The second-order valence-electron chi connectivity index (χ2n) is 6.01. The molecule has 1 saturated heterocycles. The van der Waals surface area contributed by atoms with Gasteiger partial charge in [0.1, 0.15) is 0 Å². The minimum absolute atomic E-state index is 0.0421. The lowest BCUT2D eigenvalue weighted by Gasteiger charge is -2.38. The number of carbonyl (C=O) groups is 2. The first-order chi connectivity index (χ1) is 10.1. The highest BCUT2D eigenvalue weighted by molar-refractivity contribution is 5.85. The van der Waals surface area contributed by atoms with Crippen molar-refractivity contribution in [3.8, 4) is 0 Å². The van der Waals surface area contributed by atoms with Crippen LogP contribution in [0.15, 0.2) is 12.2 Å². The lowest BCUT2D eigenvalue weighted by atomic mass is 9.81. The SMILES string of the molecule is CCCN(C(=O)C1CC=CCC1C(=O)O)C1CCNCC1. The van der Waals surface area contributed by atoms with Gasteiger partial charge < -0.3 is 15.3 Å². The van der Waals surface area contributed by atoms with Gasteiger partial charge in [0.25, 0.3) is 0 Å². The lowest BCUT2D eigenvalue weighted by molar-refractivity contribution is -0.152. The average molecular weight is 294 g/mol. The summed E-state index contributed by atoms with van der Waals surface area (Å²) in [6.45, 7) is 4.67. The van der Waals surface area contributed by atoms with Crippen LogP contribution in [-0.4, -0.2) is 47.6 Å². The van der Waals surface area contributed by atoms with Gasteiger partial charge in [0.2, 0.25) is 5.91 Å². The molecule has 5 heteroatoms. The van der Waals surface area contributed by atoms with E-state index in [-0.39, 0.29) is 11.9 Å². The van der Waals surface area contributed by atoms with Crippen LogP contribution in [0.2, 0.25) is 0 Å². The molecule has 0 spiro atoms. The van der Waals surface area contributed by atoms with Crippen molar-refractivity contribution in [1.29, 1.82) is 0 Å². The highest BCUT2D eigenvalue weighted by Gasteiger charge is 2.38. The van der Waals surface area contributed by atoms with Crippen molar-refractivity contribution in [1.82, 2.24) is 10.2 Å². The maximum Gasteiger partial charge on any atom is 0.307 e. The summed E-state index contributed by atoms with van der Waals surface area (Å²) in [5, 5.41) is 12.7. The molecule has 2 rings (SSSR count). The second-order valence-corrected chi connectivity index (χ2v) is 6.01. The molecule has 0 saturated carbocycles. The van der Waals surface area contributed by atoms with Gasteiger partial charge in [0, 0.05) is 12.6 Å². The quantitative estimate of drug-likeness (QED) is 0.756. The summed E-state index contributed by atoms with van der Waals surface area (Å²) in [4.78, 5) is 26.3. The number of allylic oxidation sites excluding steroid dienone is 2. The summed E-state index contributed by atoms with van der Waals surface area (Å²) in [5.41, 5.74) is 0. The molecule has 0 radical (unpaired) electrons. The Kier molecular flexibility index (Phi) is 5.79. The fraction of sp³-hybridized carbons (Fsp3) is 0.750. The number of carboxylic acid groups (broad SMARTS) is 1. The third-order valence-corrected chi connectivity index (χ3v) is 4.56. The number of rotatable bonds is 5. The van der Waals surface area contributed by atoms with E-state index in [1.807, 2.05) is 17.1 Å². The van der Waals surface area contributed by atoms with Gasteiger partial charge in [0.05, 0.1) is 11.8 Å². The first kappa shape index (κ1) is 16.0. The summed E-state index contributed by atoms with van der Waals surface area (Å²) < 4.78 is 0. The molecule has 5 nitrogen and oxygen atoms in total. The third kappa shape index (κ3) is 3.84. The van der Waals surface area contributed by atoms with Crippen molar-refractivity contribution in [2.24, 2.45) is 11.8 Å². The van der Waals surface area contributed by atoms with Crippen LogP contribution in [0.1, 0.15) is 39.0 Å². The van der Waals surface area contributed by atoms with Crippen molar-refractivity contribution in [2.45, 2.75) is 45.1 Å². The molecule has 2 aliphatic rings. The van der Waals surface area contributed by atoms with Crippen LogP contribution in [0.3, 0.4) is 0 Å². The summed E-state index contributed by atoms with van der Waals surface area (Å²) in [5.74, 6) is -1.77. The van der Waals surface area contributed by atoms with Crippen LogP contribution in [0.5, 0.6) is 0 Å². The van der Waals surface area contributed by atoms with Crippen molar-refractivity contribution >= 4 is 11.9 Å². The first-order valence-electron chi connectivity index (χ1n) is 8.04. The zero-order chi connectivity index (χ0) is 15.2. The number of hydrogen-bond acceptors (Lipinski definition) is 3. The summed E-state index contributed by atoms with van der Waals surface area (Å²) >= 11 is 0. The number of nitrogens with zero attached hydrogens (tertiary/aromatic N) is 1. The van der Waals surface area contributed by atoms with Crippen LogP contribution in [0, 0.1) is 11.8 Å². The fourth-order valence-electron chi connectivity index (χ4n) is 3.41. The number of carboxylic acids is 1. The molecule has 1 aliphatic heterocycles. The van der Waals surface area contributed by atoms with E-state index in [4.69, 9.17) is 0 Å². The number of nitrogens with one attached hydrogen (secondary N) is 1. The van der Waals surface area contributed by atoms with Gasteiger partial charge in [-0.05, 0) is 45.2 Å². The minimum Gasteiger partial charge on any atom is -0.481 e. The van der Waals surface area contributed by atoms with Crippen molar-refractivity contribution < 1.29 is 14.7 Å². The molecule has 0 aromatic rings. The molecule has 1 heterocycles. The van der Waals surface area contributed by atoms with Crippen molar-refractivity contribution in [3.05, 3.63) is 12.2 Å². The van der Waals surface area contributed by atoms with E-state index < -0.39 is 17.8 Å². The Labute approximate surface area is 126 Å². The zero-order valence-corrected chi connectivity index (χ0v) is 12.8. The van der Waals surface area contributed by atoms with Crippen LogP contribution >= 0.6 is 0 Å². The smallest absolute Gasteiger partial charge is 0.307 e. The maximum absolute atomic E-state index is 12.9. The van der Waals surface area contributed by atoms with E-state index >= 15 is 0 Å². The highest BCUT2D eigenvalue weighted by Crippen LogP contribution is 2.29. The molecular formula is C16H26N2O3. The summed E-state index contributed by atoms with van der Waals surface area (Å²) in [7, 11) is 0. The Morgan fingerprint density at radius 2 is 1.81 bits per heavy atom. The van der Waals surface area contributed by atoms with Gasteiger partial charge in [-0.3, -0.25) is 9.59 Å². The number of amides is 1. The average Bonchev–Trinajstić information content (AvgIpc) is 2.52. The van der Waals surface area contributed by atoms with Gasteiger partial charge in [-0.25, -0.2) is 0 Å². The van der Waals surface area contributed by atoms with Crippen LogP contribution < -0.4 is 5.32 Å². The second kappa shape index (κ2) is 7.59. The predicted molar refractivity (Wildman–Crippen MR) is 80.9 cm³/mol. The Morgan fingerprint density at radius 3 is 2.38 bits per heavy atom. The molecule has 0 aromatic carbocycles. The molecule has 1 fully saturated rings. The number of hydrogen-bond donors (Lipinski definition) is 2. The van der Waals surface area contributed by atoms with Gasteiger partial charge in [-0.1, -0.05) is 19.1 Å². The van der Waals surface area contributed by atoms with E-state index in [1.165, 1.54) is 0 Å². The molecular weight excluding hydrogens is 268 g/mol. The van der Waals surface area contributed by atoms with Crippen molar-refractivity contribution in [3.63, 3.8) is 0 Å². The standard InChI is InChI=1S/C16H26N2O3/c1-2-11-18(12-7-9-17-10-8-12)15(19)13-5-3-4-6-14(13)16(20)21/h3-4,12-14,17H,2,5-11H2,1H3,(H,20,21). The molecule has 118 valence electrons. The van der Waals surface area contributed by atoms with E-state index in [2.05, 4.69) is 12.2 Å². The minimum atomic E-state index is -0.848. The predicted octanol–water partition coefficient (Wildman–Crippen LogP) is 1.64. The Bertz CT molecular complexity index is 402. The number of aliphatic carboxylic acids is 1. The van der Waals surface area contributed by atoms with Gasteiger partial charge in [0.15, 0.2) is 0 Å². The van der Waals surface area contributed by atoms with Crippen molar-refractivity contribution in [2.75, 3.05) is 19.6 Å². The van der Waals surface area contributed by atoms with E-state index in [0.717, 1.165) is 38.9 Å². The first-order valence-corrected chi connectivity index (χ1v) is 8.04. The van der Waals surface area contributed by atoms with Crippen LogP contribution in [-0.2, 0) is 9.59 Å². The Balaban J connectivity index is 2.12. The molecule has 0 aromatic heterocycles. The molecule has 2 atom stereocenters. The Hall–Kier alpha value is -1.36. The topological polar surface area (TPSA) is 69.6 Å². The summed E-state index contributed by atoms with van der Waals surface area (Å²) in [6, 6.07) is 0.263. The van der Waals surface area contributed by atoms with Gasteiger partial charge >= 0.3 is 5.97 Å². The fourth-order valence-corrected chi connectivity index (χ4v) is 3.41. The highest BCUT2D eigenvalue weighted by atomic mass is 16.4. The van der Waals surface area contributed by atoms with Crippen LogP contribution in [0.4, 0.5) is 0 Å². The largest absolute Gasteiger partial charge is 0.481 e. The molecule has 21 heavy (non-hydrogen) atoms. The van der Waals surface area contributed by atoms with Gasteiger partial charge in [-0.2, -0.15) is 0 Å². The molecule has 2 unspecified atom stereocenters. The lowest BCUT2D eigenvalue weighted by Crippen LogP contribution is -2.50. The normalized spacial score (nSPS) is 26.5. The Morgan fingerprint density at radius 1 is 1.19 bits per heavy atom. The summed E-state index contributed by atoms with van der Waals surface area (Å²) in [6.07, 6.45) is 7.71. The van der Waals surface area contributed by atoms with Gasteiger partial charge in [-0.15, -0.1) is 0 Å². The molecule has 0 bridgehead atoms. The maximum atomic E-state index is 12.9. The molecule has 2 N–H and O–H groups in total.